The summed E-state index contributed by atoms with van der Waals surface area (Å²) in [5.41, 5.74) is 6.16. The first-order valence-corrected chi connectivity index (χ1v) is 7.34. The Kier molecular flexibility index (Phi) is 4.78. The Morgan fingerprint density at radius 3 is 2.80 bits per heavy atom. The zero-order chi connectivity index (χ0) is 14.8. The van der Waals surface area contributed by atoms with Gasteiger partial charge in [0, 0.05) is 24.7 Å². The largest absolute Gasteiger partial charge is 0.389 e. The van der Waals surface area contributed by atoms with Gasteiger partial charge in [0.2, 0.25) is 0 Å². The van der Waals surface area contributed by atoms with E-state index in [1.54, 1.807) is 12.1 Å². The number of rotatable bonds is 4. The van der Waals surface area contributed by atoms with E-state index in [0.717, 1.165) is 25.9 Å². The van der Waals surface area contributed by atoms with Gasteiger partial charge in [-0.3, -0.25) is 0 Å². The van der Waals surface area contributed by atoms with Crippen molar-refractivity contribution >= 4 is 0 Å². The highest BCUT2D eigenvalue weighted by Crippen LogP contribution is 2.26. The van der Waals surface area contributed by atoms with Crippen LogP contribution in [0.4, 0.5) is 4.39 Å². The maximum absolute atomic E-state index is 13.8. The van der Waals surface area contributed by atoms with Crippen molar-refractivity contribution in [3.05, 3.63) is 35.6 Å². The predicted molar refractivity (Wildman–Crippen MR) is 78.8 cm³/mol. The van der Waals surface area contributed by atoms with E-state index < -0.39 is 5.60 Å². The van der Waals surface area contributed by atoms with Crippen LogP contribution in [0.2, 0.25) is 0 Å². The standard InChI is InChI=1S/C16H25FN2O/c1-12(10-19-9-5-8-16(2,20)11-19)15(18)13-6-3-4-7-14(13)17/h3-4,6-7,12,15,20H,5,8-11,18H2,1-2H3. The van der Waals surface area contributed by atoms with Gasteiger partial charge in [0.1, 0.15) is 5.82 Å². The summed E-state index contributed by atoms with van der Waals surface area (Å²) in [5.74, 6) is -0.0988. The van der Waals surface area contributed by atoms with Crippen LogP contribution in [0.5, 0.6) is 0 Å². The Bertz CT molecular complexity index is 450. The quantitative estimate of drug-likeness (QED) is 0.890. The highest BCUT2D eigenvalue weighted by Gasteiger charge is 2.30. The second-order valence-electron chi connectivity index (χ2n) is 6.36. The molecule has 2 rings (SSSR count). The lowest BCUT2D eigenvalue weighted by atomic mass is 9.91. The number of benzene rings is 1. The molecule has 0 aliphatic carbocycles. The zero-order valence-electron chi connectivity index (χ0n) is 12.3. The molecular formula is C16H25FN2O. The summed E-state index contributed by atoms with van der Waals surface area (Å²) in [6.07, 6.45) is 1.84. The lowest BCUT2D eigenvalue weighted by Gasteiger charge is -2.38. The molecule has 0 spiro atoms. The van der Waals surface area contributed by atoms with Gasteiger partial charge < -0.3 is 15.7 Å². The van der Waals surface area contributed by atoms with Gasteiger partial charge in [-0.15, -0.1) is 0 Å². The van der Waals surface area contributed by atoms with E-state index in [9.17, 15) is 9.50 Å². The molecule has 1 aliphatic heterocycles. The average Bonchev–Trinajstić information content (AvgIpc) is 2.37. The first-order valence-electron chi connectivity index (χ1n) is 7.34. The van der Waals surface area contributed by atoms with E-state index in [1.165, 1.54) is 6.07 Å². The molecule has 1 fully saturated rings. The summed E-state index contributed by atoms with van der Waals surface area (Å²) in [6, 6.07) is 6.38. The van der Waals surface area contributed by atoms with Crippen molar-refractivity contribution in [3.63, 3.8) is 0 Å². The van der Waals surface area contributed by atoms with Crippen LogP contribution in [-0.2, 0) is 0 Å². The minimum atomic E-state index is -0.611. The minimum absolute atomic E-state index is 0.140. The molecule has 4 heteroatoms. The SMILES string of the molecule is CC(CN1CCCC(C)(O)C1)C(N)c1ccccc1F. The van der Waals surface area contributed by atoms with Crippen LogP contribution in [0.1, 0.15) is 38.3 Å². The third kappa shape index (κ3) is 3.78. The molecule has 0 aromatic heterocycles. The molecule has 1 aromatic rings. The molecule has 1 heterocycles. The Morgan fingerprint density at radius 2 is 2.15 bits per heavy atom. The predicted octanol–water partition coefficient (Wildman–Crippen LogP) is 2.31. The van der Waals surface area contributed by atoms with E-state index in [-0.39, 0.29) is 17.8 Å². The van der Waals surface area contributed by atoms with E-state index in [4.69, 9.17) is 5.73 Å². The van der Waals surface area contributed by atoms with Gasteiger partial charge in [-0.05, 0) is 38.3 Å². The number of nitrogens with zero attached hydrogens (tertiary/aromatic N) is 1. The number of piperidine rings is 1. The summed E-state index contributed by atoms with van der Waals surface area (Å²) in [4.78, 5) is 2.23. The van der Waals surface area contributed by atoms with Crippen LogP contribution in [0.25, 0.3) is 0 Å². The average molecular weight is 280 g/mol. The van der Waals surface area contributed by atoms with E-state index >= 15 is 0 Å². The molecule has 3 N–H and O–H groups in total. The highest BCUT2D eigenvalue weighted by molar-refractivity contribution is 5.21. The lowest BCUT2D eigenvalue weighted by Crippen LogP contribution is -2.48. The molecule has 20 heavy (non-hydrogen) atoms. The highest BCUT2D eigenvalue weighted by atomic mass is 19.1. The van der Waals surface area contributed by atoms with Gasteiger partial charge >= 0.3 is 0 Å². The Morgan fingerprint density at radius 1 is 1.45 bits per heavy atom. The number of halogens is 1. The van der Waals surface area contributed by atoms with E-state index in [0.29, 0.717) is 12.1 Å². The third-order valence-corrected chi connectivity index (χ3v) is 4.18. The number of β-amino-alcohol motifs (C(OH)–C–C–N with tert-alkyl or cyclic N) is 1. The van der Waals surface area contributed by atoms with Crippen LogP contribution in [0.15, 0.2) is 24.3 Å². The number of aliphatic hydroxyl groups is 1. The first kappa shape index (κ1) is 15.4. The summed E-state index contributed by atoms with van der Waals surface area (Å²) in [5, 5.41) is 10.1. The molecule has 3 atom stereocenters. The van der Waals surface area contributed by atoms with Gasteiger partial charge in [0.25, 0.3) is 0 Å². The summed E-state index contributed by atoms with van der Waals surface area (Å²) in [7, 11) is 0. The molecule has 3 nitrogen and oxygen atoms in total. The van der Waals surface area contributed by atoms with Crippen LogP contribution in [-0.4, -0.2) is 35.2 Å². The minimum Gasteiger partial charge on any atom is -0.389 e. The molecule has 1 saturated heterocycles. The molecule has 1 aliphatic rings. The maximum Gasteiger partial charge on any atom is 0.127 e. The van der Waals surface area contributed by atoms with Crippen molar-refractivity contribution in [1.82, 2.24) is 4.90 Å². The third-order valence-electron chi connectivity index (χ3n) is 4.18. The summed E-state index contributed by atoms with van der Waals surface area (Å²) < 4.78 is 13.8. The van der Waals surface area contributed by atoms with Gasteiger partial charge in [-0.2, -0.15) is 0 Å². The molecule has 0 saturated carbocycles. The van der Waals surface area contributed by atoms with Crippen LogP contribution in [0.3, 0.4) is 0 Å². The fourth-order valence-corrected chi connectivity index (χ4v) is 3.05. The van der Waals surface area contributed by atoms with Crippen molar-refractivity contribution in [2.24, 2.45) is 11.7 Å². The van der Waals surface area contributed by atoms with Gasteiger partial charge in [-0.25, -0.2) is 4.39 Å². The fraction of sp³-hybridized carbons (Fsp3) is 0.625. The van der Waals surface area contributed by atoms with Crippen molar-refractivity contribution in [3.8, 4) is 0 Å². The fourth-order valence-electron chi connectivity index (χ4n) is 3.05. The van der Waals surface area contributed by atoms with Gasteiger partial charge in [0.05, 0.1) is 5.60 Å². The zero-order valence-corrected chi connectivity index (χ0v) is 12.3. The van der Waals surface area contributed by atoms with Crippen molar-refractivity contribution < 1.29 is 9.50 Å². The number of nitrogens with two attached hydrogens (primary N) is 1. The molecule has 3 unspecified atom stereocenters. The second-order valence-corrected chi connectivity index (χ2v) is 6.36. The van der Waals surface area contributed by atoms with Crippen LogP contribution >= 0.6 is 0 Å². The smallest absolute Gasteiger partial charge is 0.127 e. The monoisotopic (exact) mass is 280 g/mol. The lowest BCUT2D eigenvalue weighted by molar-refractivity contribution is -0.0202. The van der Waals surface area contributed by atoms with Crippen LogP contribution < -0.4 is 5.73 Å². The van der Waals surface area contributed by atoms with Gasteiger partial charge in [-0.1, -0.05) is 25.1 Å². The Balaban J connectivity index is 1.98. The van der Waals surface area contributed by atoms with Gasteiger partial charge in [0.15, 0.2) is 0 Å². The molecule has 0 radical (unpaired) electrons. The van der Waals surface area contributed by atoms with Crippen LogP contribution in [0, 0.1) is 11.7 Å². The molecule has 0 amide bonds. The van der Waals surface area contributed by atoms with E-state index in [1.807, 2.05) is 19.9 Å². The van der Waals surface area contributed by atoms with Crippen molar-refractivity contribution in [2.45, 2.75) is 38.3 Å². The normalized spacial score (nSPS) is 27.2. The second kappa shape index (κ2) is 6.20. The maximum atomic E-state index is 13.8. The van der Waals surface area contributed by atoms with Crippen molar-refractivity contribution in [2.75, 3.05) is 19.6 Å². The first-order chi connectivity index (χ1) is 9.39. The molecular weight excluding hydrogens is 255 g/mol. The Hall–Kier alpha value is -0.970. The number of hydrogen-bond donors (Lipinski definition) is 2. The number of likely N-dealkylation sites (tertiary alicyclic amines) is 1. The molecule has 112 valence electrons. The number of hydrogen-bond acceptors (Lipinski definition) is 3. The van der Waals surface area contributed by atoms with E-state index in [2.05, 4.69) is 4.90 Å². The summed E-state index contributed by atoms with van der Waals surface area (Å²) in [6.45, 7) is 6.35. The Labute approximate surface area is 120 Å². The summed E-state index contributed by atoms with van der Waals surface area (Å²) >= 11 is 0. The molecule has 1 aromatic carbocycles. The van der Waals surface area contributed by atoms with Crippen molar-refractivity contribution in [1.29, 1.82) is 0 Å². The topological polar surface area (TPSA) is 49.5 Å². The molecule has 0 bridgehead atoms.